The zero-order valence-corrected chi connectivity index (χ0v) is 16.0. The number of hydrogen-bond donors (Lipinski definition) is 1. The quantitative estimate of drug-likeness (QED) is 0.753. The van der Waals surface area contributed by atoms with E-state index in [1.54, 1.807) is 50.2 Å². The fourth-order valence-corrected chi connectivity index (χ4v) is 2.52. The van der Waals surface area contributed by atoms with Crippen LogP contribution < -0.4 is 10.1 Å². The van der Waals surface area contributed by atoms with Gasteiger partial charge in [-0.1, -0.05) is 17.7 Å². The largest absolute Gasteiger partial charge is 0.481 e. The van der Waals surface area contributed by atoms with Crippen LogP contribution in [0.3, 0.4) is 0 Å². The Hall–Kier alpha value is -2.53. The van der Waals surface area contributed by atoms with Crippen LogP contribution in [0.15, 0.2) is 36.4 Å². The Morgan fingerprint density at radius 2 is 1.81 bits per heavy atom. The van der Waals surface area contributed by atoms with Gasteiger partial charge in [-0.3, -0.25) is 4.79 Å². The number of rotatable bonds is 6. The van der Waals surface area contributed by atoms with Crippen LogP contribution in [0, 0.1) is 13.8 Å². The number of esters is 1. The molecule has 138 valence electrons. The van der Waals surface area contributed by atoms with E-state index in [1.165, 1.54) is 0 Å². The molecule has 0 aliphatic carbocycles. The summed E-state index contributed by atoms with van der Waals surface area (Å²) in [6.45, 7) is 7.45. The van der Waals surface area contributed by atoms with E-state index < -0.39 is 12.1 Å². The second kappa shape index (κ2) is 8.72. The zero-order valence-electron chi connectivity index (χ0n) is 15.3. The van der Waals surface area contributed by atoms with Gasteiger partial charge in [-0.15, -0.1) is 0 Å². The van der Waals surface area contributed by atoms with Crippen LogP contribution in [0.2, 0.25) is 5.02 Å². The minimum atomic E-state index is -0.721. The van der Waals surface area contributed by atoms with Crippen molar-refractivity contribution in [1.29, 1.82) is 0 Å². The van der Waals surface area contributed by atoms with Gasteiger partial charge in [0.2, 0.25) is 0 Å². The summed E-state index contributed by atoms with van der Waals surface area (Å²) in [5, 5.41) is 3.43. The summed E-state index contributed by atoms with van der Waals surface area (Å²) in [6, 6.07) is 10.2. The first kappa shape index (κ1) is 19.8. The standard InChI is InChI=1S/C20H22ClNO4/c1-5-25-20(24)15-7-6-8-16(11-15)22-19(23)14(4)26-17-9-12(2)18(21)13(3)10-17/h6-11,14H,5H2,1-4H3,(H,22,23). The van der Waals surface area contributed by atoms with Gasteiger partial charge in [-0.05, 0) is 69.2 Å². The molecule has 0 radical (unpaired) electrons. The van der Waals surface area contributed by atoms with Crippen LogP contribution in [0.4, 0.5) is 5.69 Å². The van der Waals surface area contributed by atoms with E-state index in [2.05, 4.69) is 5.32 Å². The number of carbonyl (C=O) groups is 2. The highest BCUT2D eigenvalue weighted by molar-refractivity contribution is 6.32. The van der Waals surface area contributed by atoms with Gasteiger partial charge in [-0.25, -0.2) is 4.79 Å². The Morgan fingerprint density at radius 3 is 2.42 bits per heavy atom. The molecule has 0 aromatic heterocycles. The van der Waals surface area contributed by atoms with Gasteiger partial charge < -0.3 is 14.8 Å². The van der Waals surface area contributed by atoms with Crippen molar-refractivity contribution in [2.75, 3.05) is 11.9 Å². The predicted molar refractivity (Wildman–Crippen MR) is 102 cm³/mol. The molecule has 0 fully saturated rings. The number of nitrogens with one attached hydrogen (secondary N) is 1. The third-order valence-corrected chi connectivity index (χ3v) is 4.33. The fraction of sp³-hybridized carbons (Fsp3) is 0.300. The number of ether oxygens (including phenoxy) is 2. The van der Waals surface area contributed by atoms with E-state index in [0.717, 1.165) is 11.1 Å². The average molecular weight is 376 g/mol. The van der Waals surface area contributed by atoms with E-state index in [-0.39, 0.29) is 5.91 Å². The second-order valence-corrected chi connectivity index (χ2v) is 6.30. The van der Waals surface area contributed by atoms with Crippen LogP contribution in [0.25, 0.3) is 0 Å². The monoisotopic (exact) mass is 375 g/mol. The first-order valence-corrected chi connectivity index (χ1v) is 8.71. The summed E-state index contributed by atoms with van der Waals surface area (Å²) in [5.41, 5.74) is 2.65. The van der Waals surface area contributed by atoms with Gasteiger partial charge >= 0.3 is 5.97 Å². The Bertz CT molecular complexity index is 796. The Morgan fingerprint density at radius 1 is 1.15 bits per heavy atom. The van der Waals surface area contributed by atoms with Crippen LogP contribution in [-0.2, 0) is 9.53 Å². The number of amides is 1. The molecule has 1 atom stereocenters. The molecule has 6 heteroatoms. The first-order chi connectivity index (χ1) is 12.3. The molecule has 1 unspecified atom stereocenters. The first-order valence-electron chi connectivity index (χ1n) is 8.33. The van der Waals surface area contributed by atoms with Gasteiger partial charge in [0.1, 0.15) is 5.75 Å². The highest BCUT2D eigenvalue weighted by Crippen LogP contribution is 2.26. The topological polar surface area (TPSA) is 64.6 Å². The maximum absolute atomic E-state index is 12.4. The number of hydrogen-bond acceptors (Lipinski definition) is 4. The smallest absolute Gasteiger partial charge is 0.338 e. The van der Waals surface area contributed by atoms with Crippen LogP contribution in [-0.4, -0.2) is 24.6 Å². The lowest BCUT2D eigenvalue weighted by molar-refractivity contribution is -0.122. The molecule has 1 amide bonds. The van der Waals surface area contributed by atoms with Crippen molar-refractivity contribution in [3.05, 3.63) is 58.1 Å². The Kier molecular flexibility index (Phi) is 6.64. The molecule has 2 rings (SSSR count). The summed E-state index contributed by atoms with van der Waals surface area (Å²) in [6.07, 6.45) is -0.721. The summed E-state index contributed by atoms with van der Waals surface area (Å²) in [5.74, 6) is -0.177. The molecule has 0 spiro atoms. The van der Waals surface area contributed by atoms with Crippen LogP contribution in [0.1, 0.15) is 35.3 Å². The molecular weight excluding hydrogens is 354 g/mol. The molecule has 1 N–H and O–H groups in total. The minimum absolute atomic E-state index is 0.292. The third-order valence-electron chi connectivity index (χ3n) is 3.73. The van der Waals surface area contributed by atoms with Crippen LogP contribution in [0.5, 0.6) is 5.75 Å². The molecule has 2 aromatic rings. The van der Waals surface area contributed by atoms with Crippen LogP contribution >= 0.6 is 11.6 Å². The van der Waals surface area contributed by atoms with Crippen molar-refractivity contribution in [1.82, 2.24) is 0 Å². The molecule has 26 heavy (non-hydrogen) atoms. The van der Waals surface area contributed by atoms with Crippen molar-refractivity contribution in [2.45, 2.75) is 33.8 Å². The van der Waals surface area contributed by atoms with Gasteiger partial charge in [0.15, 0.2) is 6.10 Å². The lowest BCUT2D eigenvalue weighted by Gasteiger charge is -2.16. The highest BCUT2D eigenvalue weighted by Gasteiger charge is 2.17. The molecule has 0 saturated heterocycles. The molecule has 5 nitrogen and oxygen atoms in total. The highest BCUT2D eigenvalue weighted by atomic mass is 35.5. The number of anilines is 1. The van der Waals surface area contributed by atoms with Crippen molar-refractivity contribution in [3.63, 3.8) is 0 Å². The van der Waals surface area contributed by atoms with E-state index in [0.29, 0.717) is 28.6 Å². The molecule has 0 heterocycles. The minimum Gasteiger partial charge on any atom is -0.481 e. The van der Waals surface area contributed by atoms with E-state index >= 15 is 0 Å². The zero-order chi connectivity index (χ0) is 19.3. The average Bonchev–Trinajstić information content (AvgIpc) is 2.60. The number of carbonyl (C=O) groups excluding carboxylic acids is 2. The van der Waals surface area contributed by atoms with E-state index in [4.69, 9.17) is 21.1 Å². The number of aryl methyl sites for hydroxylation is 2. The Labute approximate surface area is 158 Å². The molecule has 2 aromatic carbocycles. The normalized spacial score (nSPS) is 11.6. The van der Waals surface area contributed by atoms with Crippen molar-refractivity contribution < 1.29 is 19.1 Å². The van der Waals surface area contributed by atoms with Crippen molar-refractivity contribution in [2.24, 2.45) is 0 Å². The lowest BCUT2D eigenvalue weighted by atomic mass is 10.1. The Balaban J connectivity index is 2.05. The summed E-state index contributed by atoms with van der Waals surface area (Å²) >= 11 is 6.15. The number of halogens is 1. The summed E-state index contributed by atoms with van der Waals surface area (Å²) in [7, 11) is 0. The van der Waals surface area contributed by atoms with Gasteiger partial charge in [0.25, 0.3) is 5.91 Å². The maximum atomic E-state index is 12.4. The number of benzene rings is 2. The SMILES string of the molecule is CCOC(=O)c1cccc(NC(=O)C(C)Oc2cc(C)c(Cl)c(C)c2)c1. The second-order valence-electron chi connectivity index (χ2n) is 5.92. The van der Waals surface area contributed by atoms with Gasteiger partial charge in [0.05, 0.1) is 12.2 Å². The van der Waals surface area contributed by atoms with Crippen molar-refractivity contribution in [3.8, 4) is 5.75 Å². The molecule has 0 saturated carbocycles. The molecular formula is C20H22ClNO4. The maximum Gasteiger partial charge on any atom is 0.338 e. The van der Waals surface area contributed by atoms with Gasteiger partial charge in [-0.2, -0.15) is 0 Å². The predicted octanol–water partition coefficient (Wildman–Crippen LogP) is 4.54. The summed E-state index contributed by atoms with van der Waals surface area (Å²) < 4.78 is 10.7. The summed E-state index contributed by atoms with van der Waals surface area (Å²) in [4.78, 5) is 24.2. The van der Waals surface area contributed by atoms with Crippen molar-refractivity contribution >= 4 is 29.2 Å². The molecule has 0 bridgehead atoms. The van der Waals surface area contributed by atoms with E-state index in [9.17, 15) is 9.59 Å². The third kappa shape index (κ3) is 4.99. The molecule has 0 aliphatic heterocycles. The molecule has 0 aliphatic rings. The lowest BCUT2D eigenvalue weighted by Crippen LogP contribution is -2.30. The fourth-order valence-electron chi connectivity index (χ4n) is 2.41. The van der Waals surface area contributed by atoms with E-state index in [1.807, 2.05) is 13.8 Å². The van der Waals surface area contributed by atoms with Gasteiger partial charge in [0, 0.05) is 10.7 Å².